The lowest BCUT2D eigenvalue weighted by Gasteiger charge is -2.22. The van der Waals surface area contributed by atoms with Crippen LogP contribution < -0.4 is 16.4 Å². The van der Waals surface area contributed by atoms with Gasteiger partial charge >= 0.3 is 0 Å². The summed E-state index contributed by atoms with van der Waals surface area (Å²) in [6.07, 6.45) is 7.26. The Bertz CT molecular complexity index is 564. The normalized spacial score (nSPS) is 19.3. The molecule has 0 saturated heterocycles. The van der Waals surface area contributed by atoms with Crippen LogP contribution in [0.3, 0.4) is 0 Å². The maximum Gasteiger partial charge on any atom is 0.251 e. The van der Waals surface area contributed by atoms with E-state index in [-0.39, 0.29) is 24.2 Å². The molecule has 0 bridgehead atoms. The highest BCUT2D eigenvalue weighted by atomic mass is 35.5. The van der Waals surface area contributed by atoms with E-state index in [0.717, 1.165) is 25.7 Å². The summed E-state index contributed by atoms with van der Waals surface area (Å²) in [6, 6.07) is 7.28. The highest BCUT2D eigenvalue weighted by Gasteiger charge is 2.45. The fourth-order valence-electron chi connectivity index (χ4n) is 2.84. The van der Waals surface area contributed by atoms with E-state index in [1.54, 1.807) is 24.3 Å². The van der Waals surface area contributed by atoms with Gasteiger partial charge in [0.1, 0.15) is 0 Å². The van der Waals surface area contributed by atoms with Gasteiger partial charge in [0.2, 0.25) is 5.91 Å². The van der Waals surface area contributed by atoms with Gasteiger partial charge < -0.3 is 16.4 Å². The second-order valence-corrected chi connectivity index (χ2v) is 6.50. The molecular weight excluding hydrogens is 314 g/mol. The third kappa shape index (κ3) is 4.45. The third-order valence-electron chi connectivity index (χ3n) is 4.59. The van der Waals surface area contributed by atoms with Crippen LogP contribution in [0.4, 0.5) is 5.69 Å². The second-order valence-electron chi connectivity index (χ2n) is 6.50. The Kier molecular flexibility index (Phi) is 5.65. The van der Waals surface area contributed by atoms with Crippen LogP contribution in [0.2, 0.25) is 0 Å². The van der Waals surface area contributed by atoms with Crippen LogP contribution in [-0.4, -0.2) is 23.4 Å². The number of benzene rings is 1. The molecule has 2 aliphatic carbocycles. The maximum absolute atomic E-state index is 12.2. The lowest BCUT2D eigenvalue weighted by molar-refractivity contribution is -0.118. The van der Waals surface area contributed by atoms with Crippen LogP contribution in [0.5, 0.6) is 0 Å². The molecule has 4 N–H and O–H groups in total. The van der Waals surface area contributed by atoms with Crippen molar-refractivity contribution in [2.45, 2.75) is 56.5 Å². The molecule has 126 valence electrons. The minimum Gasteiger partial charge on any atom is -0.349 e. The van der Waals surface area contributed by atoms with Crippen LogP contribution in [0.25, 0.3) is 0 Å². The van der Waals surface area contributed by atoms with Crippen molar-refractivity contribution >= 4 is 29.9 Å². The van der Waals surface area contributed by atoms with Crippen molar-refractivity contribution in [1.29, 1.82) is 0 Å². The van der Waals surface area contributed by atoms with Crippen LogP contribution >= 0.6 is 12.4 Å². The van der Waals surface area contributed by atoms with Gasteiger partial charge in [0.05, 0.1) is 5.54 Å². The summed E-state index contributed by atoms with van der Waals surface area (Å²) in [5.41, 5.74) is 6.46. The molecule has 0 heterocycles. The predicted molar refractivity (Wildman–Crippen MR) is 92.8 cm³/mol. The molecule has 2 aliphatic rings. The number of anilines is 1. The first-order valence-electron chi connectivity index (χ1n) is 8.08. The Morgan fingerprint density at radius 1 is 1.04 bits per heavy atom. The van der Waals surface area contributed by atoms with Gasteiger partial charge in [-0.05, 0) is 49.9 Å². The lowest BCUT2D eigenvalue weighted by Crippen LogP contribution is -2.38. The van der Waals surface area contributed by atoms with Crippen molar-refractivity contribution in [2.24, 2.45) is 5.73 Å². The average molecular weight is 338 g/mol. The molecule has 0 spiro atoms. The third-order valence-corrected chi connectivity index (χ3v) is 4.59. The molecule has 23 heavy (non-hydrogen) atoms. The summed E-state index contributed by atoms with van der Waals surface area (Å²) in [6.45, 7) is 0. The molecule has 0 aliphatic heterocycles. The van der Waals surface area contributed by atoms with E-state index >= 15 is 0 Å². The van der Waals surface area contributed by atoms with Crippen molar-refractivity contribution in [3.63, 3.8) is 0 Å². The molecule has 6 heteroatoms. The fraction of sp³-hybridized carbons (Fsp3) is 0.529. The van der Waals surface area contributed by atoms with Gasteiger partial charge in [-0.3, -0.25) is 9.59 Å². The zero-order valence-corrected chi connectivity index (χ0v) is 14.0. The van der Waals surface area contributed by atoms with Crippen molar-refractivity contribution in [3.05, 3.63) is 29.8 Å². The number of hydrogen-bond donors (Lipinski definition) is 3. The van der Waals surface area contributed by atoms with Gasteiger partial charge in [-0.2, -0.15) is 0 Å². The number of halogens is 1. The Morgan fingerprint density at radius 3 is 2.22 bits per heavy atom. The highest BCUT2D eigenvalue weighted by molar-refractivity contribution is 6.00. The molecule has 0 aromatic heterocycles. The summed E-state index contributed by atoms with van der Waals surface area (Å²) in [5.74, 6) is -0.186. The second kappa shape index (κ2) is 7.32. The van der Waals surface area contributed by atoms with Crippen molar-refractivity contribution in [1.82, 2.24) is 5.32 Å². The molecular formula is C17H24ClN3O2. The number of carbonyl (C=O) groups excluding carboxylic acids is 2. The smallest absolute Gasteiger partial charge is 0.251 e. The van der Waals surface area contributed by atoms with E-state index in [2.05, 4.69) is 10.6 Å². The topological polar surface area (TPSA) is 84.2 Å². The van der Waals surface area contributed by atoms with E-state index in [9.17, 15) is 9.59 Å². The summed E-state index contributed by atoms with van der Waals surface area (Å²) in [5, 5.41) is 5.88. The predicted octanol–water partition coefficient (Wildman–Crippen LogP) is 2.60. The maximum atomic E-state index is 12.2. The fourth-order valence-corrected chi connectivity index (χ4v) is 2.84. The summed E-state index contributed by atoms with van der Waals surface area (Å²) in [4.78, 5) is 24.1. The molecule has 1 aromatic rings. The van der Waals surface area contributed by atoms with Gasteiger partial charge in [-0.25, -0.2) is 0 Å². The zero-order valence-electron chi connectivity index (χ0n) is 13.1. The Morgan fingerprint density at radius 2 is 1.65 bits per heavy atom. The number of hydrogen-bond acceptors (Lipinski definition) is 3. The van der Waals surface area contributed by atoms with Crippen LogP contribution in [0.15, 0.2) is 24.3 Å². The Hall–Kier alpha value is -1.59. The lowest BCUT2D eigenvalue weighted by atomic mass is 9.95. The van der Waals surface area contributed by atoms with E-state index in [4.69, 9.17) is 5.73 Å². The van der Waals surface area contributed by atoms with Gasteiger partial charge in [-0.15, -0.1) is 12.4 Å². The number of amides is 2. The molecule has 5 nitrogen and oxygen atoms in total. The first-order valence-corrected chi connectivity index (χ1v) is 8.08. The zero-order chi connectivity index (χ0) is 15.6. The Balaban J connectivity index is 0.00000192. The number of rotatable bonds is 4. The van der Waals surface area contributed by atoms with E-state index < -0.39 is 5.54 Å². The van der Waals surface area contributed by atoms with Crippen molar-refractivity contribution in [2.75, 3.05) is 5.32 Å². The monoisotopic (exact) mass is 337 g/mol. The molecule has 2 amide bonds. The van der Waals surface area contributed by atoms with Crippen molar-refractivity contribution in [3.8, 4) is 0 Å². The molecule has 1 aromatic carbocycles. The van der Waals surface area contributed by atoms with E-state index in [1.807, 2.05) is 0 Å². The molecule has 0 radical (unpaired) electrons. The van der Waals surface area contributed by atoms with Crippen LogP contribution in [0, 0.1) is 0 Å². The molecule has 2 saturated carbocycles. The number of nitrogens with two attached hydrogens (primary N) is 1. The van der Waals surface area contributed by atoms with Gasteiger partial charge in [0.25, 0.3) is 5.91 Å². The standard InChI is InChI=1S/C17H23N3O2.ClH/c18-17(10-11-17)16(22)20-14-8-6-12(7-9-14)15(21)19-13-4-2-1-3-5-13;/h6-9,13H,1-5,10-11,18H2,(H,19,21)(H,20,22);1H. The minimum atomic E-state index is -0.684. The summed E-state index contributed by atoms with van der Waals surface area (Å²) < 4.78 is 0. The largest absolute Gasteiger partial charge is 0.349 e. The summed E-state index contributed by atoms with van der Waals surface area (Å²) >= 11 is 0. The van der Waals surface area contributed by atoms with Gasteiger partial charge in [-0.1, -0.05) is 19.3 Å². The summed E-state index contributed by atoms with van der Waals surface area (Å²) in [7, 11) is 0. The van der Waals surface area contributed by atoms with Gasteiger partial charge in [0, 0.05) is 17.3 Å². The molecule has 3 rings (SSSR count). The number of nitrogens with one attached hydrogen (secondary N) is 2. The quantitative estimate of drug-likeness (QED) is 0.789. The average Bonchev–Trinajstić information content (AvgIpc) is 3.28. The minimum absolute atomic E-state index is 0. The molecule has 2 fully saturated rings. The Labute approximate surface area is 142 Å². The highest BCUT2D eigenvalue weighted by Crippen LogP contribution is 2.33. The van der Waals surface area contributed by atoms with Crippen LogP contribution in [0.1, 0.15) is 55.3 Å². The SMILES string of the molecule is Cl.NC1(C(=O)Nc2ccc(C(=O)NC3CCCCC3)cc2)CC1. The first-order chi connectivity index (χ1) is 10.6. The van der Waals surface area contributed by atoms with E-state index in [1.165, 1.54) is 19.3 Å². The molecule has 0 unspecified atom stereocenters. The first kappa shape index (κ1) is 17.8. The van der Waals surface area contributed by atoms with Crippen LogP contribution in [-0.2, 0) is 4.79 Å². The van der Waals surface area contributed by atoms with Crippen molar-refractivity contribution < 1.29 is 9.59 Å². The van der Waals surface area contributed by atoms with Gasteiger partial charge in [0.15, 0.2) is 0 Å². The number of carbonyl (C=O) groups is 2. The van der Waals surface area contributed by atoms with E-state index in [0.29, 0.717) is 17.3 Å². The molecule has 0 atom stereocenters.